The number of carbonyl (C=O) groups is 1. The Hall–Kier alpha value is -0.580. The molecule has 0 radical (unpaired) electrons. The highest BCUT2D eigenvalue weighted by atomic mass is 32.2. The van der Waals surface area contributed by atoms with Gasteiger partial charge in [0.25, 0.3) is 0 Å². The van der Waals surface area contributed by atoms with Gasteiger partial charge in [0.05, 0.1) is 16.9 Å². The lowest BCUT2D eigenvalue weighted by atomic mass is 9.87. The number of aliphatic carboxylic acids is 1. The summed E-state index contributed by atoms with van der Waals surface area (Å²) >= 11 is 0. The monoisotopic (exact) mass is 262 g/mol. The summed E-state index contributed by atoms with van der Waals surface area (Å²) in [5.41, 5.74) is 0. The molecule has 4 nitrogen and oxygen atoms in total. The van der Waals surface area contributed by atoms with Crippen molar-refractivity contribution >= 4 is 15.8 Å². The number of sulfone groups is 1. The molecule has 0 spiro atoms. The number of carboxylic acid groups (broad SMARTS) is 1. The minimum absolute atomic E-state index is 0.219. The third-order valence-electron chi connectivity index (χ3n) is 3.72. The van der Waals surface area contributed by atoms with Crippen LogP contribution < -0.4 is 0 Å². The van der Waals surface area contributed by atoms with Gasteiger partial charge in [-0.1, -0.05) is 33.1 Å². The zero-order valence-corrected chi connectivity index (χ0v) is 11.4. The Morgan fingerprint density at radius 3 is 2.59 bits per heavy atom. The summed E-state index contributed by atoms with van der Waals surface area (Å²) in [7, 11) is -3.25. The summed E-state index contributed by atoms with van der Waals surface area (Å²) in [6, 6.07) is 0. The smallest absolute Gasteiger partial charge is 0.307 e. The summed E-state index contributed by atoms with van der Waals surface area (Å²) < 4.78 is 24.2. The Morgan fingerprint density at radius 1 is 1.41 bits per heavy atom. The molecule has 1 saturated carbocycles. The van der Waals surface area contributed by atoms with E-state index in [0.29, 0.717) is 18.8 Å². The van der Waals surface area contributed by atoms with E-state index in [-0.39, 0.29) is 11.0 Å². The largest absolute Gasteiger partial charge is 0.481 e. The summed E-state index contributed by atoms with van der Waals surface area (Å²) in [5.74, 6) is -1.56. The fourth-order valence-corrected chi connectivity index (χ4v) is 4.70. The van der Waals surface area contributed by atoms with Crippen LogP contribution in [-0.2, 0) is 14.6 Å². The molecule has 1 rings (SSSR count). The molecule has 1 N–H and O–H groups in total. The van der Waals surface area contributed by atoms with Crippen molar-refractivity contribution in [3.05, 3.63) is 0 Å². The molecule has 0 saturated heterocycles. The highest BCUT2D eigenvalue weighted by Crippen LogP contribution is 2.31. The van der Waals surface area contributed by atoms with Crippen molar-refractivity contribution in [1.82, 2.24) is 0 Å². The molecular weight excluding hydrogens is 240 g/mol. The van der Waals surface area contributed by atoms with Gasteiger partial charge in [-0.2, -0.15) is 0 Å². The predicted octanol–water partition coefficient (Wildman–Crippen LogP) is 2.09. The summed E-state index contributed by atoms with van der Waals surface area (Å²) in [5, 5.41) is 8.46. The minimum Gasteiger partial charge on any atom is -0.481 e. The summed E-state index contributed by atoms with van der Waals surface area (Å²) in [6.45, 7) is 3.54. The second kappa shape index (κ2) is 5.85. The van der Waals surface area contributed by atoms with E-state index in [9.17, 15) is 13.2 Å². The Bertz CT molecular complexity index is 361. The number of hydrogen-bond donors (Lipinski definition) is 1. The average Bonchev–Trinajstić information content (AvgIpc) is 2.28. The molecule has 0 amide bonds. The standard InChI is InChI=1S/C12H22O4S/c1-3-10-5-4-6-11(7-10)17(15,16)8-9(2)12(13)14/h9-11H,3-8H2,1-2H3,(H,13,14). The van der Waals surface area contributed by atoms with Crippen LogP contribution in [0.1, 0.15) is 46.0 Å². The van der Waals surface area contributed by atoms with E-state index in [2.05, 4.69) is 6.92 Å². The summed E-state index contributed by atoms with van der Waals surface area (Å²) in [6.07, 6.45) is 4.48. The maximum atomic E-state index is 12.1. The second-order valence-electron chi connectivity index (χ2n) is 5.13. The predicted molar refractivity (Wildman–Crippen MR) is 66.6 cm³/mol. The topological polar surface area (TPSA) is 71.4 Å². The van der Waals surface area contributed by atoms with E-state index in [4.69, 9.17) is 5.11 Å². The SMILES string of the molecule is CCC1CCCC(S(=O)(=O)CC(C)C(=O)O)C1. The lowest BCUT2D eigenvalue weighted by molar-refractivity contribution is -0.140. The molecule has 1 aliphatic rings. The van der Waals surface area contributed by atoms with Crippen molar-refractivity contribution in [2.45, 2.75) is 51.2 Å². The number of rotatable bonds is 5. The van der Waals surface area contributed by atoms with Gasteiger partial charge in [0, 0.05) is 0 Å². The molecule has 0 bridgehead atoms. The Labute approximate surface area is 103 Å². The molecule has 0 heterocycles. The molecule has 0 aromatic rings. The van der Waals surface area contributed by atoms with E-state index < -0.39 is 21.7 Å². The van der Waals surface area contributed by atoms with Gasteiger partial charge in [-0.25, -0.2) is 8.42 Å². The van der Waals surface area contributed by atoms with E-state index in [1.807, 2.05) is 0 Å². The van der Waals surface area contributed by atoms with Crippen molar-refractivity contribution in [3.63, 3.8) is 0 Å². The number of hydrogen-bond acceptors (Lipinski definition) is 3. The molecular formula is C12H22O4S. The van der Waals surface area contributed by atoms with Gasteiger partial charge in [0.15, 0.2) is 9.84 Å². The maximum absolute atomic E-state index is 12.1. The normalized spacial score (nSPS) is 27.6. The van der Waals surface area contributed by atoms with Gasteiger partial charge in [-0.3, -0.25) is 4.79 Å². The minimum atomic E-state index is -3.25. The van der Waals surface area contributed by atoms with Crippen molar-refractivity contribution in [1.29, 1.82) is 0 Å². The zero-order valence-electron chi connectivity index (χ0n) is 10.6. The fourth-order valence-electron chi connectivity index (χ4n) is 2.49. The quantitative estimate of drug-likeness (QED) is 0.823. The number of carboxylic acids is 1. The van der Waals surface area contributed by atoms with Crippen molar-refractivity contribution in [2.24, 2.45) is 11.8 Å². The molecule has 17 heavy (non-hydrogen) atoms. The van der Waals surface area contributed by atoms with Gasteiger partial charge in [-0.05, 0) is 18.8 Å². The van der Waals surface area contributed by atoms with Gasteiger partial charge < -0.3 is 5.11 Å². The molecule has 3 atom stereocenters. The van der Waals surface area contributed by atoms with Crippen molar-refractivity contribution in [2.75, 3.05) is 5.75 Å². The highest BCUT2D eigenvalue weighted by Gasteiger charge is 2.33. The lowest BCUT2D eigenvalue weighted by Crippen LogP contribution is -2.33. The van der Waals surface area contributed by atoms with Crippen LogP contribution in [0.3, 0.4) is 0 Å². The van der Waals surface area contributed by atoms with E-state index >= 15 is 0 Å². The van der Waals surface area contributed by atoms with E-state index in [0.717, 1.165) is 19.3 Å². The van der Waals surface area contributed by atoms with E-state index in [1.54, 1.807) is 0 Å². The first-order valence-corrected chi connectivity index (χ1v) is 8.02. The van der Waals surface area contributed by atoms with Crippen LogP contribution in [0.2, 0.25) is 0 Å². The van der Waals surface area contributed by atoms with Gasteiger partial charge in [0.1, 0.15) is 0 Å². The van der Waals surface area contributed by atoms with Crippen molar-refractivity contribution in [3.8, 4) is 0 Å². The van der Waals surface area contributed by atoms with Gasteiger partial charge >= 0.3 is 5.97 Å². The first-order chi connectivity index (χ1) is 7.86. The third-order valence-corrected chi connectivity index (χ3v) is 6.13. The van der Waals surface area contributed by atoms with Crippen molar-refractivity contribution < 1.29 is 18.3 Å². The Balaban J connectivity index is 2.66. The van der Waals surface area contributed by atoms with Crippen LogP contribution in [0.5, 0.6) is 0 Å². The first kappa shape index (κ1) is 14.5. The molecule has 100 valence electrons. The van der Waals surface area contributed by atoms with Crippen LogP contribution >= 0.6 is 0 Å². The molecule has 1 aliphatic carbocycles. The van der Waals surface area contributed by atoms with Gasteiger partial charge in [-0.15, -0.1) is 0 Å². The second-order valence-corrected chi connectivity index (χ2v) is 7.46. The molecule has 1 fully saturated rings. The van der Waals surface area contributed by atoms with E-state index in [1.165, 1.54) is 6.92 Å². The Morgan fingerprint density at radius 2 is 2.06 bits per heavy atom. The average molecular weight is 262 g/mol. The molecule has 5 heteroatoms. The molecule has 0 aliphatic heterocycles. The van der Waals surface area contributed by atoms with Crippen LogP contribution in [0, 0.1) is 11.8 Å². The van der Waals surface area contributed by atoms with Crippen LogP contribution in [-0.4, -0.2) is 30.5 Å². The molecule has 0 aromatic heterocycles. The third kappa shape index (κ3) is 3.98. The van der Waals surface area contributed by atoms with Crippen LogP contribution in [0.15, 0.2) is 0 Å². The lowest BCUT2D eigenvalue weighted by Gasteiger charge is -2.28. The highest BCUT2D eigenvalue weighted by molar-refractivity contribution is 7.92. The first-order valence-electron chi connectivity index (χ1n) is 6.31. The zero-order chi connectivity index (χ0) is 13.1. The maximum Gasteiger partial charge on any atom is 0.307 e. The molecule has 0 aromatic carbocycles. The van der Waals surface area contributed by atoms with Crippen LogP contribution in [0.25, 0.3) is 0 Å². The Kier molecular flexibility index (Phi) is 4.98. The van der Waals surface area contributed by atoms with Crippen LogP contribution in [0.4, 0.5) is 0 Å². The van der Waals surface area contributed by atoms with Gasteiger partial charge in [0.2, 0.25) is 0 Å². The summed E-state index contributed by atoms with van der Waals surface area (Å²) in [4.78, 5) is 10.7. The fraction of sp³-hybridized carbons (Fsp3) is 0.917. The molecule has 3 unspecified atom stereocenters.